The van der Waals surface area contributed by atoms with Gasteiger partial charge in [0.1, 0.15) is 30.1 Å². The Kier molecular flexibility index (Phi) is 26.5. The van der Waals surface area contributed by atoms with E-state index in [0.717, 1.165) is 16.9 Å². The molecule has 0 spiro atoms. The molecule has 16 nitrogen and oxygen atoms in total. The minimum Gasteiger partial charge on any atom is -0.460 e. The number of allylic oxidation sites excluding steroid dienone is 6. The molecule has 0 aromatic heterocycles. The molecule has 0 aromatic carbocycles. The monoisotopic (exact) mass is 999 g/mol. The number of esters is 1. The average Bonchev–Trinajstić information content (AvgIpc) is 3.34. The number of nitrogens with zero attached hydrogens (tertiary/aromatic N) is 1. The summed E-state index contributed by atoms with van der Waals surface area (Å²) in [6, 6.07) is -1.17. The van der Waals surface area contributed by atoms with Crippen molar-refractivity contribution in [2.24, 2.45) is 35.5 Å². The zero-order valence-corrected chi connectivity index (χ0v) is 44.4. The van der Waals surface area contributed by atoms with Gasteiger partial charge in [-0.2, -0.15) is 0 Å². The van der Waals surface area contributed by atoms with Crippen molar-refractivity contribution < 1.29 is 67.5 Å². The lowest BCUT2D eigenvalue weighted by atomic mass is 9.78. The lowest BCUT2D eigenvalue weighted by Crippen LogP contribution is -2.53. The largest absolute Gasteiger partial charge is 0.460 e. The van der Waals surface area contributed by atoms with E-state index in [1.807, 2.05) is 51.2 Å². The van der Waals surface area contributed by atoms with Gasteiger partial charge in [-0.05, 0) is 107 Å². The lowest BCUT2D eigenvalue weighted by Gasteiger charge is -2.38. The van der Waals surface area contributed by atoms with Gasteiger partial charge in [-0.15, -0.1) is 0 Å². The van der Waals surface area contributed by atoms with Gasteiger partial charge in [-0.25, -0.2) is 4.79 Å². The number of fused-ring (bicyclic) bond motifs is 1. The summed E-state index contributed by atoms with van der Waals surface area (Å²) >= 11 is 0. The number of ether oxygens (including phenoxy) is 5. The second kappa shape index (κ2) is 30.8. The minimum atomic E-state index is -1.34. The van der Waals surface area contributed by atoms with Crippen molar-refractivity contribution >= 4 is 40.9 Å². The van der Waals surface area contributed by atoms with Gasteiger partial charge in [-0.1, -0.05) is 71.1 Å². The highest BCUT2D eigenvalue weighted by Crippen LogP contribution is 2.35. The number of amides is 2. The van der Waals surface area contributed by atoms with Gasteiger partial charge in [0.15, 0.2) is 5.78 Å². The highest BCUT2D eigenvalue weighted by molar-refractivity contribution is 6.63. The number of ketones is 4. The van der Waals surface area contributed by atoms with Crippen molar-refractivity contribution in [2.45, 2.75) is 181 Å². The molecule has 2 fully saturated rings. The molecule has 3 N–H and O–H groups in total. The predicted molar refractivity (Wildman–Crippen MR) is 269 cm³/mol. The third-order valence-corrected chi connectivity index (χ3v) is 14.6. The highest BCUT2D eigenvalue weighted by Gasteiger charge is 2.42. The highest BCUT2D eigenvalue weighted by atomic mass is 16.5. The van der Waals surface area contributed by atoms with Crippen molar-refractivity contribution in [1.29, 1.82) is 0 Å². The van der Waals surface area contributed by atoms with Crippen LogP contribution in [0.15, 0.2) is 47.6 Å². The average molecular weight is 999 g/mol. The molecule has 1 saturated heterocycles. The number of rotatable bonds is 10. The molecule has 3 rings (SSSR count). The second-order valence-electron chi connectivity index (χ2n) is 20.5. The molecule has 3 aliphatic rings. The molecule has 0 unspecified atom stereocenters. The van der Waals surface area contributed by atoms with Gasteiger partial charge in [0.05, 0.1) is 31.0 Å². The lowest BCUT2D eigenvalue weighted by molar-refractivity contribution is -0.166. The number of hydrogen-bond acceptors (Lipinski definition) is 14. The molecular formula is C55H86N2O14. The Labute approximate surface area is 422 Å². The maximum absolute atomic E-state index is 14.3. The van der Waals surface area contributed by atoms with Gasteiger partial charge in [0, 0.05) is 71.9 Å². The standard InChI is InChI=1S/C55H86N2O14/c1-33-17-13-12-14-18-34(2)46(67-9)31-42(59)22-20-35(3)49(61)52(64)54(65)57-25-16-15-19-43(57)55(66)71-47(32-44(60)36(4)28-39(7)51(63)53(69-11)50(62)38(6)27-33)37(5)29-41-21-23-45(48(30-41)68-10)70-26-24-56-40(8)58/h12-14,17-18,28,33,35-38,41-43,45-48,51,53,59,63H,15-16,19-27,29-32H2,1-11H3,(H,56,58)/b14-12+,17-13+,34-18+,39-28+/t33-,35-,36-,37-,38-,41-,42+,43+,45-,46+,47+,48-,51-,53+/m1/s1. The molecule has 400 valence electrons. The van der Waals surface area contributed by atoms with Crippen LogP contribution in [0.25, 0.3) is 0 Å². The summed E-state index contributed by atoms with van der Waals surface area (Å²) in [6.45, 7) is 14.7. The number of aliphatic hydroxyl groups is 2. The molecular weight excluding hydrogens is 913 g/mol. The smallest absolute Gasteiger partial charge is 0.329 e. The van der Waals surface area contributed by atoms with E-state index in [1.54, 1.807) is 48.0 Å². The third kappa shape index (κ3) is 19.3. The van der Waals surface area contributed by atoms with Crippen molar-refractivity contribution in [2.75, 3.05) is 41.0 Å². The molecule has 1 saturated carbocycles. The topological polar surface area (TPSA) is 221 Å². The minimum absolute atomic E-state index is 0.00463. The number of piperidine rings is 1. The molecule has 71 heavy (non-hydrogen) atoms. The van der Waals surface area contributed by atoms with Crippen molar-refractivity contribution in [3.8, 4) is 0 Å². The molecule has 2 aliphatic heterocycles. The van der Waals surface area contributed by atoms with Crippen LogP contribution in [0.3, 0.4) is 0 Å². The molecule has 0 aromatic rings. The van der Waals surface area contributed by atoms with Gasteiger partial charge >= 0.3 is 5.97 Å². The van der Waals surface area contributed by atoms with Gasteiger partial charge < -0.3 is 44.1 Å². The fraction of sp³-hybridized carbons (Fsp3) is 0.727. The zero-order valence-electron chi connectivity index (χ0n) is 44.4. The Bertz CT molecular complexity index is 1910. The Morgan fingerprint density at radius 1 is 0.831 bits per heavy atom. The quantitative estimate of drug-likeness (QED) is 0.0963. The molecule has 14 atom stereocenters. The van der Waals surface area contributed by atoms with E-state index < -0.39 is 77.8 Å². The van der Waals surface area contributed by atoms with Crippen LogP contribution in [-0.4, -0.2) is 146 Å². The number of Topliss-reactive ketones (excluding diaryl/α,β-unsaturated/α-hetero) is 4. The number of carbonyl (C=O) groups excluding carboxylic acids is 7. The predicted octanol–water partition coefficient (Wildman–Crippen LogP) is 6.18. The van der Waals surface area contributed by atoms with Gasteiger partial charge in [-0.3, -0.25) is 28.8 Å². The van der Waals surface area contributed by atoms with E-state index in [-0.39, 0.29) is 86.1 Å². The van der Waals surface area contributed by atoms with Crippen LogP contribution in [0, 0.1) is 35.5 Å². The Morgan fingerprint density at radius 2 is 1.55 bits per heavy atom. The van der Waals surface area contributed by atoms with Crippen LogP contribution >= 0.6 is 0 Å². The van der Waals surface area contributed by atoms with Crippen molar-refractivity contribution in [3.05, 3.63) is 47.6 Å². The van der Waals surface area contributed by atoms with Crippen LogP contribution in [0.4, 0.5) is 0 Å². The molecule has 2 amide bonds. The zero-order chi connectivity index (χ0) is 52.9. The van der Waals surface area contributed by atoms with Crippen LogP contribution in [0.5, 0.6) is 0 Å². The van der Waals surface area contributed by atoms with Crippen LogP contribution in [0.1, 0.15) is 132 Å². The maximum atomic E-state index is 14.3. The summed E-state index contributed by atoms with van der Waals surface area (Å²) < 4.78 is 29.4. The van der Waals surface area contributed by atoms with E-state index in [0.29, 0.717) is 57.2 Å². The van der Waals surface area contributed by atoms with Crippen LogP contribution in [-0.2, 0) is 57.2 Å². The first-order valence-electron chi connectivity index (χ1n) is 25.8. The number of cyclic esters (lactones) is 1. The molecule has 16 heteroatoms. The summed E-state index contributed by atoms with van der Waals surface area (Å²) in [7, 11) is 4.54. The molecule has 0 radical (unpaired) electrons. The normalized spacial score (nSPS) is 35.4. The molecule has 1 aliphatic carbocycles. The number of hydrogen-bond donors (Lipinski definition) is 3. The number of nitrogens with one attached hydrogen (secondary N) is 1. The van der Waals surface area contributed by atoms with Crippen molar-refractivity contribution in [3.63, 3.8) is 0 Å². The summed E-state index contributed by atoms with van der Waals surface area (Å²) in [6.07, 6.45) is 10.6. The first kappa shape index (κ1) is 61.1. The third-order valence-electron chi connectivity index (χ3n) is 14.6. The Balaban J connectivity index is 1.97. The fourth-order valence-electron chi connectivity index (χ4n) is 10.1. The maximum Gasteiger partial charge on any atom is 0.329 e. The van der Waals surface area contributed by atoms with E-state index >= 15 is 0 Å². The van der Waals surface area contributed by atoms with Gasteiger partial charge in [0.25, 0.3) is 11.7 Å². The van der Waals surface area contributed by atoms with E-state index in [4.69, 9.17) is 23.7 Å². The van der Waals surface area contributed by atoms with Gasteiger partial charge in [0.2, 0.25) is 11.7 Å². The van der Waals surface area contributed by atoms with E-state index in [1.165, 1.54) is 14.0 Å². The molecule has 0 bridgehead atoms. The van der Waals surface area contributed by atoms with Crippen LogP contribution < -0.4 is 5.32 Å². The summed E-state index contributed by atoms with van der Waals surface area (Å²) in [5, 5.41) is 25.2. The first-order chi connectivity index (χ1) is 33.6. The van der Waals surface area contributed by atoms with E-state index in [9.17, 15) is 43.8 Å². The molecule has 2 heterocycles. The summed E-state index contributed by atoms with van der Waals surface area (Å²) in [5.74, 6) is -7.06. The Morgan fingerprint density at radius 3 is 2.21 bits per heavy atom. The number of methoxy groups -OCH3 is 3. The fourth-order valence-corrected chi connectivity index (χ4v) is 10.1. The van der Waals surface area contributed by atoms with Crippen molar-refractivity contribution in [1.82, 2.24) is 10.2 Å². The SMILES string of the molecule is CO[C@H]1C[C@@H](O)CC[C@@H](C)C(=O)C(=O)C(=O)N2CCCC[C@H]2C(=O)O[C@H]([C@H](C)C[C@H]2CC[C@@H](OCCNC(C)=O)[C@H](OC)C2)CC(=O)[C@H](C)/C=C(\C)[C@@H](O)[C@@H](OC)C(=O)[C@H](C)C[C@H](C)/C=C/C=C/C=C/1C. The number of aliphatic hydroxyl groups excluding tert-OH is 2. The first-order valence-corrected chi connectivity index (χ1v) is 25.8. The van der Waals surface area contributed by atoms with Crippen LogP contribution in [0.2, 0.25) is 0 Å². The Hall–Kier alpha value is -4.19. The summed E-state index contributed by atoms with van der Waals surface area (Å²) in [4.78, 5) is 95.7. The number of carbonyl (C=O) groups is 7. The van der Waals surface area contributed by atoms with E-state index in [2.05, 4.69) is 5.32 Å². The summed E-state index contributed by atoms with van der Waals surface area (Å²) in [5.41, 5.74) is 1.22. The second-order valence-corrected chi connectivity index (χ2v) is 20.5.